The summed E-state index contributed by atoms with van der Waals surface area (Å²) in [5.41, 5.74) is 5.91. The van der Waals surface area contributed by atoms with Crippen LogP contribution < -0.4 is 14.4 Å². The van der Waals surface area contributed by atoms with Gasteiger partial charge in [-0.1, -0.05) is 31.4 Å². The van der Waals surface area contributed by atoms with Crippen LogP contribution in [0, 0.1) is 0 Å². The number of nitrogens with one attached hydrogen (secondary N) is 1. The van der Waals surface area contributed by atoms with Crippen LogP contribution >= 0.6 is 0 Å². The van der Waals surface area contributed by atoms with E-state index in [0.29, 0.717) is 50.0 Å². The third kappa shape index (κ3) is 5.64. The number of ether oxygens (including phenoxy) is 1. The van der Waals surface area contributed by atoms with Crippen LogP contribution in [0.2, 0.25) is 0 Å². The Labute approximate surface area is 269 Å². The number of fused-ring (bicyclic) bond motifs is 5. The van der Waals surface area contributed by atoms with Crippen LogP contribution in [0.5, 0.6) is 5.75 Å². The fourth-order valence-corrected chi connectivity index (χ4v) is 7.64. The molecule has 2 amide bonds. The van der Waals surface area contributed by atoms with E-state index in [-0.39, 0.29) is 11.5 Å². The maximum atomic E-state index is 14.3. The highest BCUT2D eigenvalue weighted by Crippen LogP contribution is 2.47. The molecule has 1 aliphatic carbocycles. The lowest BCUT2D eigenvalue weighted by Crippen LogP contribution is -2.49. The van der Waals surface area contributed by atoms with Gasteiger partial charge in [-0.25, -0.2) is 13.4 Å². The van der Waals surface area contributed by atoms with Crippen molar-refractivity contribution in [2.24, 2.45) is 0 Å². The molecule has 2 fully saturated rings. The second-order valence-electron chi connectivity index (χ2n) is 12.2. The van der Waals surface area contributed by atoms with Crippen molar-refractivity contribution in [1.29, 1.82) is 0 Å². The number of rotatable bonds is 6. The zero-order valence-electron chi connectivity index (χ0n) is 25.8. The molecular formula is C35H37N5O5S. The molecule has 2 aromatic heterocycles. The molecule has 0 atom stereocenters. The monoisotopic (exact) mass is 639 g/mol. The minimum Gasteiger partial charge on any atom is -0.497 e. The number of benzene rings is 2. The van der Waals surface area contributed by atoms with Gasteiger partial charge in [0.2, 0.25) is 10.9 Å². The molecule has 7 rings (SSSR count). The zero-order chi connectivity index (χ0) is 31.8. The molecule has 4 heterocycles. The fraction of sp³-hybridized carbons (Fsp3) is 0.343. The summed E-state index contributed by atoms with van der Waals surface area (Å²) in [5, 5.41) is 1.03. The average Bonchev–Trinajstić information content (AvgIpc) is 3.30. The molecule has 2 aromatic carbocycles. The summed E-state index contributed by atoms with van der Waals surface area (Å²) in [6.07, 6.45) is 9.42. The molecule has 1 saturated carbocycles. The Morgan fingerprint density at radius 1 is 0.957 bits per heavy atom. The quantitative estimate of drug-likeness (QED) is 0.293. The SMILES string of the molecule is COc1ccc2c(c1)C=C(C(=O)N1CCN(c3ccccn3)CC1)Cn1c-2c(C2CCCCC2)c2ccc(C(=O)N[SH](=O)=O)cc21. The molecule has 0 unspecified atom stereocenters. The van der Waals surface area contributed by atoms with Gasteiger partial charge < -0.3 is 19.1 Å². The number of aromatic nitrogens is 2. The number of methoxy groups -OCH3 is 1. The number of hydrogen-bond acceptors (Lipinski definition) is 7. The van der Waals surface area contributed by atoms with Crippen molar-refractivity contribution in [1.82, 2.24) is 19.2 Å². The lowest BCUT2D eigenvalue weighted by Gasteiger charge is -2.35. The van der Waals surface area contributed by atoms with Crippen LogP contribution in [-0.4, -0.2) is 68.0 Å². The number of amides is 2. The van der Waals surface area contributed by atoms with Crippen molar-refractivity contribution in [3.05, 3.63) is 83.1 Å². The normalized spacial score (nSPS) is 16.9. The third-order valence-electron chi connectivity index (χ3n) is 9.56. The van der Waals surface area contributed by atoms with E-state index >= 15 is 0 Å². The maximum absolute atomic E-state index is 14.3. The summed E-state index contributed by atoms with van der Waals surface area (Å²) < 4.78 is 32.5. The minimum absolute atomic E-state index is 0.0272. The van der Waals surface area contributed by atoms with Gasteiger partial charge in [0.05, 0.1) is 19.3 Å². The van der Waals surface area contributed by atoms with E-state index < -0.39 is 16.8 Å². The summed E-state index contributed by atoms with van der Waals surface area (Å²) in [7, 11) is -1.45. The van der Waals surface area contributed by atoms with E-state index in [9.17, 15) is 18.0 Å². The zero-order valence-corrected chi connectivity index (χ0v) is 26.7. The number of nitrogens with zero attached hydrogens (tertiary/aromatic N) is 4. The van der Waals surface area contributed by atoms with E-state index in [1.165, 1.54) is 12.0 Å². The highest BCUT2D eigenvalue weighted by Gasteiger charge is 2.32. The molecule has 4 aromatic rings. The van der Waals surface area contributed by atoms with Crippen molar-refractivity contribution in [3.63, 3.8) is 0 Å². The van der Waals surface area contributed by atoms with Gasteiger partial charge in [0, 0.05) is 60.0 Å². The van der Waals surface area contributed by atoms with Gasteiger partial charge in [0.25, 0.3) is 11.8 Å². The van der Waals surface area contributed by atoms with Gasteiger partial charge in [-0.15, -0.1) is 0 Å². The van der Waals surface area contributed by atoms with E-state index in [2.05, 4.69) is 20.5 Å². The summed E-state index contributed by atoms with van der Waals surface area (Å²) in [5.74, 6) is 1.24. The van der Waals surface area contributed by atoms with Crippen molar-refractivity contribution in [2.45, 2.75) is 44.6 Å². The van der Waals surface area contributed by atoms with Crippen molar-refractivity contribution >= 4 is 45.5 Å². The number of carbonyl (C=O) groups is 2. The molecule has 46 heavy (non-hydrogen) atoms. The molecule has 10 nitrogen and oxygen atoms in total. The van der Waals surface area contributed by atoms with E-state index in [1.807, 2.05) is 52.1 Å². The Bertz CT molecular complexity index is 1910. The fourth-order valence-electron chi connectivity index (χ4n) is 7.34. The van der Waals surface area contributed by atoms with Gasteiger partial charge in [-0.2, -0.15) is 0 Å². The first-order valence-corrected chi connectivity index (χ1v) is 17.0. The van der Waals surface area contributed by atoms with Crippen LogP contribution in [-0.2, 0) is 22.2 Å². The lowest BCUT2D eigenvalue weighted by molar-refractivity contribution is -0.127. The van der Waals surface area contributed by atoms with Gasteiger partial charge in [-0.3, -0.25) is 14.3 Å². The smallest absolute Gasteiger partial charge is 0.264 e. The van der Waals surface area contributed by atoms with E-state index in [0.717, 1.165) is 59.2 Å². The van der Waals surface area contributed by atoms with Gasteiger partial charge in [0.1, 0.15) is 11.6 Å². The highest BCUT2D eigenvalue weighted by molar-refractivity contribution is 7.71. The predicted molar refractivity (Wildman–Crippen MR) is 179 cm³/mol. The Morgan fingerprint density at radius 3 is 2.48 bits per heavy atom. The van der Waals surface area contributed by atoms with Crippen LogP contribution in [0.15, 0.2) is 66.4 Å². The second-order valence-corrected chi connectivity index (χ2v) is 12.9. The first kappa shape index (κ1) is 30.0. The topological polar surface area (TPSA) is 114 Å². The van der Waals surface area contributed by atoms with Crippen molar-refractivity contribution in [2.75, 3.05) is 38.2 Å². The van der Waals surface area contributed by atoms with Gasteiger partial charge >= 0.3 is 0 Å². The molecule has 1 N–H and O–H groups in total. The van der Waals surface area contributed by atoms with E-state index in [1.54, 1.807) is 25.4 Å². The van der Waals surface area contributed by atoms with Crippen LogP contribution in [0.3, 0.4) is 0 Å². The summed E-state index contributed by atoms with van der Waals surface area (Å²) in [4.78, 5) is 35.7. The number of thiol groups is 1. The highest BCUT2D eigenvalue weighted by atomic mass is 32.2. The molecule has 0 bridgehead atoms. The summed E-state index contributed by atoms with van der Waals surface area (Å²) >= 11 is 0. The Kier molecular flexibility index (Phi) is 8.25. The summed E-state index contributed by atoms with van der Waals surface area (Å²) in [6.45, 7) is 2.83. The number of hydrogen-bond donors (Lipinski definition) is 2. The minimum atomic E-state index is -3.09. The molecule has 11 heteroatoms. The van der Waals surface area contributed by atoms with Crippen molar-refractivity contribution < 1.29 is 22.7 Å². The molecule has 1 saturated heterocycles. The molecule has 0 spiro atoms. The van der Waals surface area contributed by atoms with Crippen LogP contribution in [0.25, 0.3) is 28.2 Å². The Balaban J connectivity index is 1.34. The molecule has 238 valence electrons. The average molecular weight is 640 g/mol. The number of pyridine rings is 1. The third-order valence-corrected chi connectivity index (χ3v) is 9.94. The Morgan fingerprint density at radius 2 is 1.76 bits per heavy atom. The van der Waals surface area contributed by atoms with Gasteiger partial charge in [-0.05, 0) is 78.4 Å². The molecule has 3 aliphatic rings. The predicted octanol–water partition coefficient (Wildman–Crippen LogP) is 4.76. The largest absolute Gasteiger partial charge is 0.497 e. The number of carbonyl (C=O) groups excluding carboxylic acids is 2. The first-order valence-electron chi connectivity index (χ1n) is 15.9. The van der Waals surface area contributed by atoms with Crippen molar-refractivity contribution in [3.8, 4) is 17.0 Å². The number of piperazine rings is 1. The first-order chi connectivity index (χ1) is 22.4. The molecular weight excluding hydrogens is 602 g/mol. The van der Waals surface area contributed by atoms with Gasteiger partial charge in [0.15, 0.2) is 0 Å². The standard InChI is InChI=1S/C35H37N5O5S/c1-45-27-11-13-28-25(20-27)19-26(35(42)39-17-15-38(16-18-39)31-9-5-6-14-36-31)22-40-30-21-24(34(41)37-46(43)44)10-12-29(30)32(33(28)40)23-7-3-2-4-8-23/h5-6,9-14,19-21,23,46H,2-4,7-8,15-18,22H2,1H3,(H,37,41,43,44). The Hall–Kier alpha value is -4.64. The number of anilines is 1. The molecule has 2 aliphatic heterocycles. The van der Waals surface area contributed by atoms with E-state index in [4.69, 9.17) is 4.74 Å². The van der Waals surface area contributed by atoms with Crippen LogP contribution in [0.1, 0.15) is 59.5 Å². The second kappa shape index (κ2) is 12.6. The lowest BCUT2D eigenvalue weighted by atomic mass is 9.81. The van der Waals surface area contributed by atoms with Crippen LogP contribution in [0.4, 0.5) is 5.82 Å². The summed E-state index contributed by atoms with van der Waals surface area (Å²) in [6, 6.07) is 17.3. The molecule has 0 radical (unpaired) electrons. The maximum Gasteiger partial charge on any atom is 0.264 e.